The number of hydrogen-bond acceptors (Lipinski definition) is 4. The van der Waals surface area contributed by atoms with Gasteiger partial charge in [-0.05, 0) is 12.1 Å². The van der Waals surface area contributed by atoms with Crippen LogP contribution in [0.5, 0.6) is 5.75 Å². The van der Waals surface area contributed by atoms with Gasteiger partial charge in [-0.3, -0.25) is 0 Å². The number of halogens is 2. The van der Waals surface area contributed by atoms with Gasteiger partial charge in [0.2, 0.25) is 0 Å². The van der Waals surface area contributed by atoms with Gasteiger partial charge in [-0.15, -0.1) is 0 Å². The van der Waals surface area contributed by atoms with E-state index in [1.807, 2.05) is 0 Å². The van der Waals surface area contributed by atoms with E-state index in [9.17, 15) is 10.0 Å². The maximum atomic E-state index is 9.99. The normalized spacial score (nSPS) is 9.77. The summed E-state index contributed by atoms with van der Waals surface area (Å²) in [6.07, 6.45) is 0. The molecule has 2 N–H and O–H groups in total. The van der Waals surface area contributed by atoms with Crippen LogP contribution in [0.2, 0.25) is 10.0 Å². The minimum absolute atomic E-state index is 0.00269. The highest BCUT2D eigenvalue weighted by Gasteiger charge is 2.24. The topological polar surface area (TPSA) is 69.9 Å². The number of nitroso groups, excluding NO2 is 1. The first-order valence-corrected chi connectivity index (χ1v) is 4.00. The fraction of sp³-hybridized carbons (Fsp3) is 0. The van der Waals surface area contributed by atoms with Gasteiger partial charge in [0.15, 0.2) is 0 Å². The minimum atomic E-state index is -1.68. The van der Waals surface area contributed by atoms with Crippen LogP contribution in [0.15, 0.2) is 17.2 Å². The van der Waals surface area contributed by atoms with Crippen molar-refractivity contribution in [3.63, 3.8) is 0 Å². The number of phenols is 1. The first-order chi connectivity index (χ1) is 6.06. The van der Waals surface area contributed by atoms with Crippen LogP contribution < -0.4 is 5.46 Å². The SMILES string of the molecule is O=NB(O)c1c(O)cc(Cl)cc1Cl. The largest absolute Gasteiger partial charge is 0.522 e. The van der Waals surface area contributed by atoms with Gasteiger partial charge in [-0.2, -0.15) is 4.91 Å². The zero-order valence-electron chi connectivity index (χ0n) is 6.24. The molecular weight excluding hydrogens is 216 g/mol. The van der Waals surface area contributed by atoms with E-state index in [-0.39, 0.29) is 21.3 Å². The second kappa shape index (κ2) is 3.96. The van der Waals surface area contributed by atoms with E-state index in [4.69, 9.17) is 28.2 Å². The van der Waals surface area contributed by atoms with Crippen molar-refractivity contribution >= 4 is 35.7 Å². The summed E-state index contributed by atoms with van der Waals surface area (Å²) in [6.45, 7) is 0. The molecule has 0 heterocycles. The molecule has 0 saturated carbocycles. The molecule has 68 valence electrons. The van der Waals surface area contributed by atoms with E-state index in [0.717, 1.165) is 6.07 Å². The zero-order valence-corrected chi connectivity index (χ0v) is 7.75. The number of hydrogen-bond donors (Lipinski definition) is 2. The molecule has 7 heteroatoms. The number of nitrogens with zero attached hydrogens (tertiary/aromatic N) is 1. The quantitative estimate of drug-likeness (QED) is 0.579. The number of aromatic hydroxyl groups is 1. The molecule has 1 aromatic carbocycles. The minimum Gasteiger partial charge on any atom is -0.508 e. The summed E-state index contributed by atoms with van der Waals surface area (Å²) in [5.74, 6) is -0.357. The summed E-state index contributed by atoms with van der Waals surface area (Å²) in [5, 5.41) is 20.8. The summed E-state index contributed by atoms with van der Waals surface area (Å²) in [7, 11) is -1.68. The van der Waals surface area contributed by atoms with Crippen molar-refractivity contribution in [3.8, 4) is 5.75 Å². The van der Waals surface area contributed by atoms with Gasteiger partial charge in [0.1, 0.15) is 5.75 Å². The summed E-state index contributed by atoms with van der Waals surface area (Å²) < 4.78 is 0. The average molecular weight is 220 g/mol. The summed E-state index contributed by atoms with van der Waals surface area (Å²) in [4.78, 5) is 9.99. The van der Waals surface area contributed by atoms with Crippen molar-refractivity contribution in [3.05, 3.63) is 27.1 Å². The molecule has 13 heavy (non-hydrogen) atoms. The molecule has 1 rings (SSSR count). The Balaban J connectivity index is 3.28. The highest BCUT2D eigenvalue weighted by atomic mass is 35.5. The van der Waals surface area contributed by atoms with Crippen LogP contribution in [0.3, 0.4) is 0 Å². The summed E-state index contributed by atoms with van der Waals surface area (Å²) >= 11 is 11.1. The Morgan fingerprint density at radius 1 is 1.38 bits per heavy atom. The third-order valence-electron chi connectivity index (χ3n) is 1.43. The lowest BCUT2D eigenvalue weighted by Crippen LogP contribution is -2.29. The van der Waals surface area contributed by atoms with Gasteiger partial charge in [0.25, 0.3) is 0 Å². The standard InChI is InChI=1S/C6H4BCl2NO3/c8-3-1-4(9)6(5(11)2-3)7(12)10-13/h1-2,11-12H. The highest BCUT2D eigenvalue weighted by Crippen LogP contribution is 2.21. The van der Waals surface area contributed by atoms with Gasteiger partial charge < -0.3 is 10.1 Å². The lowest BCUT2D eigenvalue weighted by atomic mass is 9.75. The Labute approximate surface area is 84.2 Å². The molecule has 0 bridgehead atoms. The molecule has 0 aliphatic carbocycles. The summed E-state index contributed by atoms with van der Waals surface area (Å²) in [5.41, 5.74) is -0.138. The highest BCUT2D eigenvalue weighted by molar-refractivity contribution is 6.68. The molecule has 0 fully saturated rings. The smallest absolute Gasteiger partial charge is 0.508 e. The Kier molecular flexibility index (Phi) is 3.14. The van der Waals surface area contributed by atoms with Crippen LogP contribution in [-0.4, -0.2) is 17.2 Å². The molecule has 0 atom stereocenters. The van der Waals surface area contributed by atoms with Crippen molar-refractivity contribution in [2.24, 2.45) is 5.09 Å². The van der Waals surface area contributed by atoms with Gasteiger partial charge in [-0.25, -0.2) is 0 Å². The van der Waals surface area contributed by atoms with Crippen LogP contribution >= 0.6 is 23.2 Å². The van der Waals surface area contributed by atoms with E-state index in [2.05, 4.69) is 5.09 Å². The average Bonchev–Trinajstić information content (AvgIpc) is 2.02. The molecular formula is C6H4BCl2NO3. The van der Waals surface area contributed by atoms with Gasteiger partial charge in [-0.1, -0.05) is 28.3 Å². The van der Waals surface area contributed by atoms with E-state index in [0.29, 0.717) is 0 Å². The monoisotopic (exact) mass is 219 g/mol. The summed E-state index contributed by atoms with van der Waals surface area (Å²) in [6, 6.07) is 2.46. The Bertz CT molecular complexity index is 324. The lowest BCUT2D eigenvalue weighted by Gasteiger charge is -2.04. The second-order valence-electron chi connectivity index (χ2n) is 2.30. The molecule has 0 saturated heterocycles. The van der Waals surface area contributed by atoms with E-state index >= 15 is 0 Å². The number of phenolic OH excluding ortho intramolecular Hbond substituents is 1. The van der Waals surface area contributed by atoms with Crippen molar-refractivity contribution in [1.29, 1.82) is 0 Å². The number of rotatable bonds is 2. The third-order valence-corrected chi connectivity index (χ3v) is 1.96. The zero-order chi connectivity index (χ0) is 10.0. The fourth-order valence-electron chi connectivity index (χ4n) is 0.879. The second-order valence-corrected chi connectivity index (χ2v) is 3.14. The third kappa shape index (κ3) is 2.12. The molecule has 4 nitrogen and oxygen atoms in total. The molecule has 0 aliphatic rings. The first-order valence-electron chi connectivity index (χ1n) is 3.24. The molecule has 0 aromatic heterocycles. The van der Waals surface area contributed by atoms with Crippen LogP contribution in [0.4, 0.5) is 0 Å². The molecule has 0 spiro atoms. The molecule has 0 amide bonds. The predicted octanol–water partition coefficient (Wildman–Crippen LogP) is 1.15. The van der Waals surface area contributed by atoms with E-state index < -0.39 is 7.05 Å². The van der Waals surface area contributed by atoms with Crippen molar-refractivity contribution in [2.45, 2.75) is 0 Å². The van der Waals surface area contributed by atoms with Gasteiger partial charge >= 0.3 is 7.05 Å². The van der Waals surface area contributed by atoms with Gasteiger partial charge in [0, 0.05) is 15.5 Å². The first kappa shape index (κ1) is 10.3. The Hall–Kier alpha value is -0.775. The van der Waals surface area contributed by atoms with Crippen LogP contribution in [0.1, 0.15) is 0 Å². The van der Waals surface area contributed by atoms with Crippen LogP contribution in [0, 0.1) is 4.91 Å². The van der Waals surface area contributed by atoms with Crippen molar-refractivity contribution in [1.82, 2.24) is 0 Å². The van der Waals surface area contributed by atoms with E-state index in [1.54, 1.807) is 0 Å². The molecule has 1 aromatic rings. The maximum absolute atomic E-state index is 9.99. The Morgan fingerprint density at radius 2 is 2.00 bits per heavy atom. The predicted molar refractivity (Wildman–Crippen MR) is 51.5 cm³/mol. The van der Waals surface area contributed by atoms with Crippen LogP contribution in [0.25, 0.3) is 0 Å². The molecule has 0 aliphatic heterocycles. The van der Waals surface area contributed by atoms with Crippen molar-refractivity contribution < 1.29 is 10.1 Å². The molecule has 0 unspecified atom stereocenters. The fourth-order valence-corrected chi connectivity index (χ4v) is 1.46. The lowest BCUT2D eigenvalue weighted by molar-refractivity contribution is 0.477. The van der Waals surface area contributed by atoms with Crippen LogP contribution in [-0.2, 0) is 0 Å². The van der Waals surface area contributed by atoms with Crippen molar-refractivity contribution in [2.75, 3.05) is 0 Å². The maximum Gasteiger partial charge on any atom is 0.522 e. The Morgan fingerprint density at radius 3 is 2.46 bits per heavy atom. The number of benzene rings is 1. The van der Waals surface area contributed by atoms with Gasteiger partial charge in [0.05, 0.1) is 0 Å². The van der Waals surface area contributed by atoms with E-state index in [1.165, 1.54) is 6.07 Å². The molecule has 0 radical (unpaired) electrons.